The number of anilines is 1. The van der Waals surface area contributed by atoms with Crippen LogP contribution in [0.3, 0.4) is 0 Å². The molecule has 0 bridgehead atoms. The molecule has 0 amide bonds. The summed E-state index contributed by atoms with van der Waals surface area (Å²) < 4.78 is 48.1. The molecule has 0 N–H and O–H groups in total. The quantitative estimate of drug-likeness (QED) is 0.399. The Bertz CT molecular complexity index is 1470. The summed E-state index contributed by atoms with van der Waals surface area (Å²) in [5.41, 5.74) is 4.46. The molecule has 4 aromatic rings. The summed E-state index contributed by atoms with van der Waals surface area (Å²) in [6.07, 6.45) is 2.54. The van der Waals surface area contributed by atoms with Crippen LogP contribution in [-0.2, 0) is 33.2 Å². The van der Waals surface area contributed by atoms with E-state index in [1.807, 2.05) is 17.8 Å². The molecular weight excluding hydrogens is 485 g/mol. The summed E-state index contributed by atoms with van der Waals surface area (Å²) in [6, 6.07) is 3.57. The monoisotopic (exact) mass is 510 g/mol. The smallest absolute Gasteiger partial charge is 0.434 e. The van der Waals surface area contributed by atoms with Gasteiger partial charge in [0, 0.05) is 68.7 Å². The fourth-order valence-electron chi connectivity index (χ4n) is 4.99. The molecule has 0 radical (unpaired) electrons. The Hall–Kier alpha value is -3.96. The highest BCUT2D eigenvalue weighted by molar-refractivity contribution is 5.73. The molecule has 0 aromatic carbocycles. The van der Waals surface area contributed by atoms with Crippen molar-refractivity contribution in [3.63, 3.8) is 0 Å². The average molecular weight is 511 g/mol. The Morgan fingerprint density at radius 1 is 1.08 bits per heavy atom. The van der Waals surface area contributed by atoms with Gasteiger partial charge in [0.2, 0.25) is 5.88 Å². The SMILES string of the molecule is COc1ncnc(C2CC2)c1-c1nn(C)c2c1CN(c1ccc(-c3nc(C(F)(F)F)cn3C)cn1)CC2. The summed E-state index contributed by atoms with van der Waals surface area (Å²) in [5, 5.41) is 4.86. The second-order valence-corrected chi connectivity index (χ2v) is 9.45. The number of hydrogen-bond donors (Lipinski definition) is 0. The van der Waals surface area contributed by atoms with Crippen molar-refractivity contribution >= 4 is 5.82 Å². The van der Waals surface area contributed by atoms with Crippen molar-refractivity contribution in [1.82, 2.24) is 34.3 Å². The van der Waals surface area contributed by atoms with Crippen LogP contribution >= 0.6 is 0 Å². The van der Waals surface area contributed by atoms with Crippen molar-refractivity contribution < 1.29 is 17.9 Å². The van der Waals surface area contributed by atoms with Gasteiger partial charge in [-0.2, -0.15) is 18.3 Å². The minimum Gasteiger partial charge on any atom is -0.480 e. The van der Waals surface area contributed by atoms with Crippen LogP contribution in [0.1, 0.15) is 41.4 Å². The van der Waals surface area contributed by atoms with E-state index in [9.17, 15) is 13.2 Å². The molecule has 12 heteroatoms. The van der Waals surface area contributed by atoms with Crippen molar-refractivity contribution in [2.45, 2.75) is 37.9 Å². The van der Waals surface area contributed by atoms with E-state index in [0.717, 1.165) is 66.0 Å². The van der Waals surface area contributed by atoms with Crippen molar-refractivity contribution in [2.24, 2.45) is 14.1 Å². The van der Waals surface area contributed by atoms with E-state index in [2.05, 4.69) is 24.8 Å². The van der Waals surface area contributed by atoms with E-state index in [4.69, 9.17) is 9.84 Å². The molecule has 0 spiro atoms. The molecule has 192 valence electrons. The van der Waals surface area contributed by atoms with Gasteiger partial charge in [-0.15, -0.1) is 0 Å². The highest BCUT2D eigenvalue weighted by Crippen LogP contribution is 2.46. The van der Waals surface area contributed by atoms with Crippen LogP contribution < -0.4 is 9.64 Å². The maximum Gasteiger partial charge on any atom is 0.434 e. The lowest BCUT2D eigenvalue weighted by Gasteiger charge is -2.29. The molecular formula is C25H25F3N8O. The third-order valence-corrected chi connectivity index (χ3v) is 6.98. The van der Waals surface area contributed by atoms with Crippen LogP contribution in [0.25, 0.3) is 22.6 Å². The summed E-state index contributed by atoms with van der Waals surface area (Å²) in [7, 11) is 5.09. The lowest BCUT2D eigenvalue weighted by molar-refractivity contribution is -0.140. The van der Waals surface area contributed by atoms with Gasteiger partial charge in [-0.1, -0.05) is 0 Å². The van der Waals surface area contributed by atoms with Crippen LogP contribution in [0.4, 0.5) is 19.0 Å². The lowest BCUT2D eigenvalue weighted by Crippen LogP contribution is -2.31. The number of aryl methyl sites for hydroxylation is 2. The van der Waals surface area contributed by atoms with Crippen LogP contribution in [0.2, 0.25) is 0 Å². The van der Waals surface area contributed by atoms with Gasteiger partial charge in [-0.05, 0) is 25.0 Å². The van der Waals surface area contributed by atoms with Gasteiger partial charge in [0.15, 0.2) is 5.69 Å². The van der Waals surface area contributed by atoms with Gasteiger partial charge in [0.1, 0.15) is 23.7 Å². The topological polar surface area (TPSA) is 86.8 Å². The van der Waals surface area contributed by atoms with Crippen LogP contribution in [0, 0.1) is 0 Å². The summed E-state index contributed by atoms with van der Waals surface area (Å²) in [5.74, 6) is 1.85. The van der Waals surface area contributed by atoms with E-state index in [-0.39, 0.29) is 5.82 Å². The first-order valence-corrected chi connectivity index (χ1v) is 12.0. The molecule has 1 fully saturated rings. The first-order valence-electron chi connectivity index (χ1n) is 12.0. The molecule has 1 aliphatic carbocycles. The number of pyridine rings is 1. The number of nitrogens with zero attached hydrogens (tertiary/aromatic N) is 8. The Labute approximate surface area is 211 Å². The number of aromatic nitrogens is 7. The molecule has 6 rings (SSSR count). The zero-order valence-electron chi connectivity index (χ0n) is 20.6. The van der Waals surface area contributed by atoms with E-state index in [1.54, 1.807) is 32.7 Å². The average Bonchev–Trinajstić information content (AvgIpc) is 3.58. The predicted molar refractivity (Wildman–Crippen MR) is 129 cm³/mol. The summed E-state index contributed by atoms with van der Waals surface area (Å²) in [6.45, 7) is 1.31. The normalized spacial score (nSPS) is 15.7. The number of halogens is 3. The fourth-order valence-corrected chi connectivity index (χ4v) is 4.99. The van der Waals surface area contributed by atoms with Crippen molar-refractivity contribution in [2.75, 3.05) is 18.6 Å². The Morgan fingerprint density at radius 3 is 2.54 bits per heavy atom. The highest BCUT2D eigenvalue weighted by atomic mass is 19.4. The van der Waals surface area contributed by atoms with Gasteiger partial charge in [-0.25, -0.2) is 19.9 Å². The molecule has 0 atom stereocenters. The van der Waals surface area contributed by atoms with Crippen molar-refractivity contribution in [3.8, 4) is 28.5 Å². The van der Waals surface area contributed by atoms with Gasteiger partial charge >= 0.3 is 6.18 Å². The molecule has 5 heterocycles. The van der Waals surface area contributed by atoms with Crippen molar-refractivity contribution in [1.29, 1.82) is 0 Å². The largest absolute Gasteiger partial charge is 0.480 e. The molecule has 0 saturated heterocycles. The van der Waals surface area contributed by atoms with Crippen molar-refractivity contribution in [3.05, 3.63) is 53.5 Å². The number of methoxy groups -OCH3 is 1. The Balaban J connectivity index is 1.32. The highest BCUT2D eigenvalue weighted by Gasteiger charge is 2.36. The molecule has 1 aliphatic heterocycles. The minimum atomic E-state index is -4.50. The molecule has 1 saturated carbocycles. The molecule has 9 nitrogen and oxygen atoms in total. The molecule has 4 aromatic heterocycles. The molecule has 37 heavy (non-hydrogen) atoms. The van der Waals surface area contributed by atoms with E-state index < -0.39 is 11.9 Å². The van der Waals surface area contributed by atoms with Crippen LogP contribution in [0.5, 0.6) is 5.88 Å². The second-order valence-electron chi connectivity index (χ2n) is 9.45. The van der Waals surface area contributed by atoms with E-state index >= 15 is 0 Å². The number of hydrogen-bond acceptors (Lipinski definition) is 7. The number of alkyl halides is 3. The molecule has 2 aliphatic rings. The summed E-state index contributed by atoms with van der Waals surface area (Å²) in [4.78, 5) is 19.4. The first-order chi connectivity index (χ1) is 17.7. The Kier molecular flexibility index (Phi) is 5.42. The maximum absolute atomic E-state index is 13.1. The minimum absolute atomic E-state index is 0.214. The predicted octanol–water partition coefficient (Wildman–Crippen LogP) is 4.14. The zero-order chi connectivity index (χ0) is 25.9. The third kappa shape index (κ3) is 4.09. The summed E-state index contributed by atoms with van der Waals surface area (Å²) >= 11 is 0. The first kappa shape index (κ1) is 23.4. The van der Waals surface area contributed by atoms with Gasteiger partial charge in [0.25, 0.3) is 0 Å². The Morgan fingerprint density at radius 2 is 1.89 bits per heavy atom. The third-order valence-electron chi connectivity index (χ3n) is 6.98. The van der Waals surface area contributed by atoms with Crippen LogP contribution in [-0.4, -0.2) is 47.9 Å². The number of ether oxygens (including phenoxy) is 1. The maximum atomic E-state index is 13.1. The number of rotatable bonds is 5. The van der Waals surface area contributed by atoms with Gasteiger partial charge in [-0.3, -0.25) is 4.68 Å². The second kappa shape index (κ2) is 8.56. The molecule has 0 unspecified atom stereocenters. The standard InChI is InChI=1S/C25H25F3N8O/c1-34-12-18(25(26,27)28)32-23(34)15-6-7-19(29-10-15)36-9-8-17-16(11-36)22(33-35(17)2)20-21(14-4-5-14)30-13-31-24(20)37-3/h6-7,10,12-14H,4-5,8-9,11H2,1-3H3. The number of fused-ring (bicyclic) bond motifs is 1. The van der Waals surface area contributed by atoms with Gasteiger partial charge < -0.3 is 14.2 Å². The van der Waals surface area contributed by atoms with Gasteiger partial charge in [0.05, 0.1) is 18.4 Å². The zero-order valence-corrected chi connectivity index (χ0v) is 20.6. The van der Waals surface area contributed by atoms with Crippen LogP contribution in [0.15, 0.2) is 30.9 Å². The fraction of sp³-hybridized carbons (Fsp3) is 0.400. The van der Waals surface area contributed by atoms with E-state index in [0.29, 0.717) is 23.9 Å². The lowest BCUT2D eigenvalue weighted by atomic mass is 9.99. The van der Waals surface area contributed by atoms with E-state index in [1.165, 1.54) is 4.57 Å². The number of imidazole rings is 1.